The number of hydrogen-bond acceptors (Lipinski definition) is 5. The normalized spacial score (nSPS) is 13.5. The van der Waals surface area contributed by atoms with Gasteiger partial charge < -0.3 is 15.7 Å². The number of nitrogens with one attached hydrogen (secondary N) is 2. The summed E-state index contributed by atoms with van der Waals surface area (Å²) in [5.74, 6) is 1.47. The van der Waals surface area contributed by atoms with Gasteiger partial charge in [-0.1, -0.05) is 0 Å². The van der Waals surface area contributed by atoms with E-state index >= 15 is 0 Å². The van der Waals surface area contributed by atoms with Crippen molar-refractivity contribution in [1.29, 1.82) is 0 Å². The van der Waals surface area contributed by atoms with E-state index in [1.807, 2.05) is 46.6 Å². The number of rotatable bonds is 7. The fourth-order valence-corrected chi connectivity index (χ4v) is 3.32. The summed E-state index contributed by atoms with van der Waals surface area (Å²) >= 11 is 1.57. The van der Waals surface area contributed by atoms with Crippen molar-refractivity contribution in [2.24, 2.45) is 4.99 Å². The van der Waals surface area contributed by atoms with Gasteiger partial charge in [0.2, 0.25) is 0 Å². The Kier molecular flexibility index (Phi) is 8.39. The van der Waals surface area contributed by atoms with E-state index in [1.54, 1.807) is 37.0 Å². The van der Waals surface area contributed by atoms with E-state index in [0.717, 1.165) is 23.5 Å². The van der Waals surface area contributed by atoms with Crippen molar-refractivity contribution in [2.45, 2.75) is 26.0 Å². The van der Waals surface area contributed by atoms with Gasteiger partial charge in [0.1, 0.15) is 17.7 Å². The van der Waals surface area contributed by atoms with Gasteiger partial charge in [-0.05, 0) is 53.9 Å². The first-order valence-electron chi connectivity index (χ1n) is 8.79. The monoisotopic (exact) mass is 512 g/mol. The highest BCUT2D eigenvalue weighted by atomic mass is 127. The molecule has 0 saturated heterocycles. The number of halogens is 1. The van der Waals surface area contributed by atoms with Crippen molar-refractivity contribution in [2.75, 3.05) is 13.1 Å². The minimum absolute atomic E-state index is 0. The lowest BCUT2D eigenvalue weighted by Crippen LogP contribution is -2.44. The van der Waals surface area contributed by atoms with Crippen molar-refractivity contribution in [3.05, 3.63) is 65.0 Å². The van der Waals surface area contributed by atoms with Crippen molar-refractivity contribution >= 4 is 41.3 Å². The molecule has 0 aliphatic rings. The summed E-state index contributed by atoms with van der Waals surface area (Å²) in [7, 11) is 0. The molecule has 0 amide bonds. The van der Waals surface area contributed by atoms with Crippen LogP contribution in [0.15, 0.2) is 58.9 Å². The summed E-state index contributed by atoms with van der Waals surface area (Å²) in [5.41, 5.74) is 0.979. The number of aliphatic imine (C=N–C) groups is 1. The second-order valence-corrected chi connectivity index (χ2v) is 7.11. The van der Waals surface area contributed by atoms with E-state index in [4.69, 9.17) is 0 Å². The van der Waals surface area contributed by atoms with Crippen molar-refractivity contribution in [3.8, 4) is 5.82 Å². The summed E-state index contributed by atoms with van der Waals surface area (Å²) in [6.07, 6.45) is 7.06. The van der Waals surface area contributed by atoms with Crippen LogP contribution in [-0.2, 0) is 12.1 Å². The Labute approximate surface area is 186 Å². The lowest BCUT2D eigenvalue weighted by atomic mass is 9.99. The molecule has 0 spiro atoms. The number of hydrogen-bond donors (Lipinski definition) is 3. The molecule has 3 rings (SSSR count). The molecule has 3 heterocycles. The summed E-state index contributed by atoms with van der Waals surface area (Å²) in [6.45, 7) is 5.42. The first-order valence-corrected chi connectivity index (χ1v) is 9.73. The van der Waals surface area contributed by atoms with Crippen LogP contribution < -0.4 is 10.6 Å². The summed E-state index contributed by atoms with van der Waals surface area (Å²) in [4.78, 5) is 13.0. The Hall–Kier alpha value is -1.98. The minimum Gasteiger partial charge on any atom is -0.384 e. The average molecular weight is 512 g/mol. The maximum atomic E-state index is 10.7. The molecule has 0 radical (unpaired) electrons. The van der Waals surface area contributed by atoms with Gasteiger partial charge in [0.25, 0.3) is 0 Å². The van der Waals surface area contributed by atoms with Gasteiger partial charge in [-0.15, -0.1) is 24.0 Å². The maximum absolute atomic E-state index is 10.7. The van der Waals surface area contributed by atoms with Crippen molar-refractivity contribution < 1.29 is 5.11 Å². The molecule has 3 aromatic rings. The van der Waals surface area contributed by atoms with E-state index in [9.17, 15) is 5.11 Å². The Morgan fingerprint density at radius 1 is 1.32 bits per heavy atom. The first kappa shape index (κ1) is 22.3. The highest BCUT2D eigenvalue weighted by Crippen LogP contribution is 2.21. The third-order valence-corrected chi connectivity index (χ3v) is 4.77. The van der Waals surface area contributed by atoms with Gasteiger partial charge in [-0.25, -0.2) is 15.0 Å². The van der Waals surface area contributed by atoms with Gasteiger partial charge in [-0.2, -0.15) is 11.3 Å². The Bertz CT molecular complexity index is 864. The number of guanidine groups is 1. The quantitative estimate of drug-likeness (QED) is 0.258. The van der Waals surface area contributed by atoms with Crippen molar-refractivity contribution in [1.82, 2.24) is 25.2 Å². The standard InChI is InChI=1S/C19H24N6OS.HI/c1-3-21-18(24-13-19(2,26)16-5-9-27-12-16)23-11-15-4-6-22-17(10-15)25-8-7-20-14-25;/h4-10,12,14,26H,3,11,13H2,1-2H3,(H2,21,23,24);1H. The van der Waals surface area contributed by atoms with Crippen LogP contribution in [0, 0.1) is 0 Å². The number of aromatic nitrogens is 3. The summed E-state index contributed by atoms with van der Waals surface area (Å²) in [6, 6.07) is 5.86. The highest BCUT2D eigenvalue weighted by Gasteiger charge is 2.23. The largest absolute Gasteiger partial charge is 0.384 e. The fourth-order valence-electron chi connectivity index (χ4n) is 2.54. The van der Waals surface area contributed by atoms with Gasteiger partial charge in [0.15, 0.2) is 5.96 Å². The number of nitrogens with zero attached hydrogens (tertiary/aromatic N) is 4. The Balaban J connectivity index is 0.00000280. The third kappa shape index (κ3) is 6.01. The molecule has 28 heavy (non-hydrogen) atoms. The van der Waals surface area contributed by atoms with Gasteiger partial charge in [0, 0.05) is 25.1 Å². The molecule has 150 valence electrons. The van der Waals surface area contributed by atoms with E-state index in [-0.39, 0.29) is 24.0 Å². The smallest absolute Gasteiger partial charge is 0.191 e. The molecule has 7 nitrogen and oxygen atoms in total. The fraction of sp³-hybridized carbons (Fsp3) is 0.316. The molecular weight excluding hydrogens is 487 g/mol. The predicted octanol–water partition coefficient (Wildman–Crippen LogP) is 2.91. The van der Waals surface area contributed by atoms with Crippen molar-refractivity contribution in [3.63, 3.8) is 0 Å². The van der Waals surface area contributed by atoms with Gasteiger partial charge >= 0.3 is 0 Å². The second kappa shape index (κ2) is 10.5. The van der Waals surface area contributed by atoms with Crippen LogP contribution in [0.1, 0.15) is 25.0 Å². The Morgan fingerprint density at radius 3 is 2.86 bits per heavy atom. The van der Waals surface area contributed by atoms with Crippen LogP contribution in [0.5, 0.6) is 0 Å². The number of imidazole rings is 1. The SMILES string of the molecule is CCNC(=NCc1ccnc(-n2ccnc2)c1)NCC(C)(O)c1ccsc1.I. The van der Waals surface area contributed by atoms with Gasteiger partial charge in [-0.3, -0.25) is 4.57 Å². The molecule has 0 bridgehead atoms. The molecule has 9 heteroatoms. The molecule has 0 saturated carbocycles. The van der Waals surface area contributed by atoms with Crippen LogP contribution in [0.4, 0.5) is 0 Å². The second-order valence-electron chi connectivity index (χ2n) is 6.33. The highest BCUT2D eigenvalue weighted by molar-refractivity contribution is 14.0. The lowest BCUT2D eigenvalue weighted by Gasteiger charge is -2.24. The summed E-state index contributed by atoms with van der Waals surface area (Å²) in [5, 5.41) is 21.0. The summed E-state index contributed by atoms with van der Waals surface area (Å²) < 4.78 is 1.86. The predicted molar refractivity (Wildman–Crippen MR) is 123 cm³/mol. The topological polar surface area (TPSA) is 87.4 Å². The van der Waals surface area contributed by atoms with Crippen LogP contribution in [0.3, 0.4) is 0 Å². The zero-order valence-corrected chi connectivity index (χ0v) is 19.0. The van der Waals surface area contributed by atoms with E-state index in [0.29, 0.717) is 19.0 Å². The van der Waals surface area contributed by atoms with Gasteiger partial charge in [0.05, 0.1) is 13.1 Å². The van der Waals surface area contributed by atoms with E-state index in [1.165, 1.54) is 0 Å². The third-order valence-electron chi connectivity index (χ3n) is 4.09. The van der Waals surface area contributed by atoms with Crippen LogP contribution in [-0.4, -0.2) is 38.7 Å². The first-order chi connectivity index (χ1) is 13.1. The molecule has 0 aromatic carbocycles. The molecule has 3 N–H and O–H groups in total. The minimum atomic E-state index is -0.957. The maximum Gasteiger partial charge on any atom is 0.191 e. The number of thiophene rings is 1. The van der Waals surface area contributed by atoms with E-state index < -0.39 is 5.60 Å². The molecule has 3 aromatic heterocycles. The molecule has 1 unspecified atom stereocenters. The average Bonchev–Trinajstić information content (AvgIpc) is 3.38. The zero-order chi connectivity index (χ0) is 19.1. The van der Waals surface area contributed by atoms with Crippen LogP contribution in [0.2, 0.25) is 0 Å². The van der Waals surface area contributed by atoms with Crippen LogP contribution >= 0.6 is 35.3 Å². The molecule has 0 aliphatic carbocycles. The molecule has 1 atom stereocenters. The molecular formula is C19H25IN6OS. The lowest BCUT2D eigenvalue weighted by molar-refractivity contribution is 0.0621. The van der Waals surface area contributed by atoms with E-state index in [2.05, 4.69) is 25.6 Å². The molecule has 0 fully saturated rings. The zero-order valence-electron chi connectivity index (χ0n) is 15.9. The Morgan fingerprint density at radius 2 is 2.18 bits per heavy atom. The van der Waals surface area contributed by atoms with Crippen LogP contribution in [0.25, 0.3) is 5.82 Å². The number of aliphatic hydroxyl groups is 1. The number of pyridine rings is 1. The molecule has 0 aliphatic heterocycles.